The molecule has 0 spiro atoms. The second kappa shape index (κ2) is 5.94. The third kappa shape index (κ3) is 2.70. The minimum atomic E-state index is -0.120. The summed E-state index contributed by atoms with van der Waals surface area (Å²) in [7, 11) is 0. The van der Waals surface area contributed by atoms with Gasteiger partial charge in [-0.25, -0.2) is 4.39 Å². The van der Waals surface area contributed by atoms with Crippen LogP contribution in [-0.4, -0.2) is 11.5 Å². The van der Waals surface area contributed by atoms with Crippen LogP contribution in [0.1, 0.15) is 47.7 Å². The van der Waals surface area contributed by atoms with Crippen molar-refractivity contribution in [3.05, 3.63) is 64.7 Å². The first-order valence-electron chi connectivity index (χ1n) is 7.64. The maximum absolute atomic E-state index is 14.4. The highest BCUT2D eigenvalue weighted by atomic mass is 19.1. The van der Waals surface area contributed by atoms with Crippen molar-refractivity contribution in [1.82, 2.24) is 10.3 Å². The monoisotopic (exact) mass is 284 g/mol. The summed E-state index contributed by atoms with van der Waals surface area (Å²) in [4.78, 5) is 4.55. The van der Waals surface area contributed by atoms with E-state index in [9.17, 15) is 4.39 Å². The number of hydrogen-bond donors (Lipinski definition) is 1. The number of hydrogen-bond acceptors (Lipinski definition) is 2. The van der Waals surface area contributed by atoms with Gasteiger partial charge in [-0.2, -0.15) is 0 Å². The minimum absolute atomic E-state index is 0.00764. The number of nitrogens with zero attached hydrogens (tertiary/aromatic N) is 1. The quantitative estimate of drug-likeness (QED) is 0.920. The normalized spacial score (nSPS) is 18.5. The summed E-state index contributed by atoms with van der Waals surface area (Å²) in [5.74, 6) is 0.128. The number of nitrogens with one attached hydrogen (secondary N) is 1. The van der Waals surface area contributed by atoms with Gasteiger partial charge >= 0.3 is 0 Å². The Morgan fingerprint density at radius 1 is 1.38 bits per heavy atom. The maximum atomic E-state index is 14.4. The van der Waals surface area contributed by atoms with Crippen molar-refractivity contribution in [2.75, 3.05) is 6.54 Å². The van der Waals surface area contributed by atoms with Gasteiger partial charge in [0.05, 0.1) is 0 Å². The van der Waals surface area contributed by atoms with Crippen LogP contribution in [0.5, 0.6) is 0 Å². The third-order valence-electron chi connectivity index (χ3n) is 4.32. The standard InChI is InChI=1S/C18H21FN2/c1-3-20-18(14-8-6-12(2)11-16(14)19)15-9-7-13-5-4-10-21-17(13)15/h4-6,8,10-11,15,18,20H,3,7,9H2,1-2H3. The summed E-state index contributed by atoms with van der Waals surface area (Å²) in [6, 6.07) is 9.63. The highest BCUT2D eigenvalue weighted by Gasteiger charge is 2.32. The lowest BCUT2D eigenvalue weighted by Gasteiger charge is -2.25. The maximum Gasteiger partial charge on any atom is 0.128 e. The first-order chi connectivity index (χ1) is 10.2. The molecule has 21 heavy (non-hydrogen) atoms. The molecule has 0 radical (unpaired) electrons. The van der Waals surface area contributed by atoms with E-state index in [1.54, 1.807) is 6.07 Å². The Hall–Kier alpha value is -1.74. The van der Waals surface area contributed by atoms with Crippen molar-refractivity contribution in [2.45, 2.75) is 38.6 Å². The lowest BCUT2D eigenvalue weighted by molar-refractivity contribution is 0.429. The van der Waals surface area contributed by atoms with Gasteiger partial charge in [0.15, 0.2) is 0 Å². The molecule has 0 fully saturated rings. The second-order valence-electron chi connectivity index (χ2n) is 5.75. The number of likely N-dealkylation sites (N-methyl/N-ethyl adjacent to an activating group) is 1. The fourth-order valence-corrected chi connectivity index (χ4v) is 3.34. The number of aryl methyl sites for hydroxylation is 2. The van der Waals surface area contributed by atoms with E-state index in [2.05, 4.69) is 23.3 Å². The molecule has 0 aliphatic heterocycles. The summed E-state index contributed by atoms with van der Waals surface area (Å²) < 4.78 is 14.4. The van der Waals surface area contributed by atoms with Gasteiger partial charge in [0.25, 0.3) is 0 Å². The van der Waals surface area contributed by atoms with E-state index < -0.39 is 0 Å². The van der Waals surface area contributed by atoms with Gasteiger partial charge < -0.3 is 5.32 Å². The van der Waals surface area contributed by atoms with Crippen molar-refractivity contribution < 1.29 is 4.39 Å². The van der Waals surface area contributed by atoms with Crippen molar-refractivity contribution in [3.8, 4) is 0 Å². The third-order valence-corrected chi connectivity index (χ3v) is 4.32. The van der Waals surface area contributed by atoms with Crippen LogP contribution in [0.25, 0.3) is 0 Å². The molecule has 3 heteroatoms. The van der Waals surface area contributed by atoms with Crippen LogP contribution in [-0.2, 0) is 6.42 Å². The molecule has 1 N–H and O–H groups in total. The molecule has 0 saturated carbocycles. The van der Waals surface area contributed by atoms with E-state index in [1.807, 2.05) is 31.3 Å². The molecule has 1 heterocycles. The molecule has 1 aliphatic carbocycles. The average Bonchev–Trinajstić information content (AvgIpc) is 2.89. The minimum Gasteiger partial charge on any atom is -0.310 e. The highest BCUT2D eigenvalue weighted by molar-refractivity contribution is 5.35. The zero-order chi connectivity index (χ0) is 14.8. The van der Waals surface area contributed by atoms with Crippen LogP contribution < -0.4 is 5.32 Å². The molecule has 0 saturated heterocycles. The van der Waals surface area contributed by atoms with Gasteiger partial charge in [-0.05, 0) is 49.6 Å². The molecule has 110 valence electrons. The van der Waals surface area contributed by atoms with Gasteiger partial charge in [0.2, 0.25) is 0 Å². The van der Waals surface area contributed by atoms with E-state index in [4.69, 9.17) is 0 Å². The largest absolute Gasteiger partial charge is 0.310 e. The van der Waals surface area contributed by atoms with Crippen LogP contribution in [0.3, 0.4) is 0 Å². The Morgan fingerprint density at radius 2 is 2.24 bits per heavy atom. The number of fused-ring (bicyclic) bond motifs is 1. The van der Waals surface area contributed by atoms with E-state index in [0.29, 0.717) is 0 Å². The van der Waals surface area contributed by atoms with Gasteiger partial charge in [-0.1, -0.05) is 25.1 Å². The summed E-state index contributed by atoms with van der Waals surface area (Å²) >= 11 is 0. The number of aromatic nitrogens is 1. The van der Waals surface area contributed by atoms with Gasteiger partial charge in [-0.3, -0.25) is 4.98 Å². The van der Waals surface area contributed by atoms with E-state index >= 15 is 0 Å². The molecule has 1 aromatic carbocycles. The Labute approximate surface area is 125 Å². The van der Waals surface area contributed by atoms with Gasteiger partial charge in [0, 0.05) is 29.4 Å². The first kappa shape index (κ1) is 14.2. The summed E-state index contributed by atoms with van der Waals surface area (Å²) in [6.07, 6.45) is 3.90. The number of rotatable bonds is 4. The number of pyridine rings is 1. The van der Waals surface area contributed by atoms with Crippen molar-refractivity contribution in [2.24, 2.45) is 0 Å². The Bertz CT molecular complexity index is 639. The molecule has 2 unspecified atom stereocenters. The van der Waals surface area contributed by atoms with Crippen LogP contribution in [0.15, 0.2) is 36.5 Å². The molecule has 2 aromatic rings. The summed E-state index contributed by atoms with van der Waals surface area (Å²) in [6.45, 7) is 4.80. The predicted octanol–water partition coefficient (Wildman–Crippen LogP) is 3.91. The molecule has 2 nitrogen and oxygen atoms in total. The smallest absolute Gasteiger partial charge is 0.128 e. The molecule has 0 amide bonds. The molecule has 2 atom stereocenters. The van der Waals surface area contributed by atoms with Crippen molar-refractivity contribution >= 4 is 0 Å². The highest BCUT2D eigenvalue weighted by Crippen LogP contribution is 2.41. The van der Waals surface area contributed by atoms with Crippen LogP contribution >= 0.6 is 0 Å². The summed E-state index contributed by atoms with van der Waals surface area (Å²) in [5, 5.41) is 3.46. The van der Waals surface area contributed by atoms with Crippen LogP contribution in [0.4, 0.5) is 4.39 Å². The van der Waals surface area contributed by atoms with Crippen LogP contribution in [0, 0.1) is 12.7 Å². The summed E-state index contributed by atoms with van der Waals surface area (Å²) in [5.41, 5.74) is 4.14. The molecule has 1 aromatic heterocycles. The molecular weight excluding hydrogens is 263 g/mol. The van der Waals surface area contributed by atoms with Gasteiger partial charge in [-0.15, -0.1) is 0 Å². The van der Waals surface area contributed by atoms with Crippen LogP contribution in [0.2, 0.25) is 0 Å². The van der Waals surface area contributed by atoms with E-state index in [1.165, 1.54) is 5.56 Å². The zero-order valence-corrected chi connectivity index (χ0v) is 12.6. The predicted molar refractivity (Wildman–Crippen MR) is 82.9 cm³/mol. The zero-order valence-electron chi connectivity index (χ0n) is 12.6. The van der Waals surface area contributed by atoms with Gasteiger partial charge in [0.1, 0.15) is 5.82 Å². The number of halogens is 1. The Balaban J connectivity index is 1.99. The molecule has 0 bridgehead atoms. The molecule has 3 rings (SSSR count). The average molecular weight is 284 g/mol. The topological polar surface area (TPSA) is 24.9 Å². The van der Waals surface area contributed by atoms with E-state index in [-0.39, 0.29) is 17.8 Å². The van der Waals surface area contributed by atoms with Crippen molar-refractivity contribution in [1.29, 1.82) is 0 Å². The van der Waals surface area contributed by atoms with Crippen molar-refractivity contribution in [3.63, 3.8) is 0 Å². The Kier molecular flexibility index (Phi) is 4.02. The first-order valence-corrected chi connectivity index (χ1v) is 7.64. The molecular formula is C18H21FN2. The molecule has 1 aliphatic rings. The lowest BCUT2D eigenvalue weighted by atomic mass is 9.90. The van der Waals surface area contributed by atoms with E-state index in [0.717, 1.165) is 36.2 Å². The fraction of sp³-hybridized carbons (Fsp3) is 0.389. The lowest BCUT2D eigenvalue weighted by Crippen LogP contribution is -2.27. The second-order valence-corrected chi connectivity index (χ2v) is 5.75. The fourth-order valence-electron chi connectivity index (χ4n) is 3.34. The SMILES string of the molecule is CCNC(c1ccc(C)cc1F)C1CCc2cccnc21. The number of benzene rings is 1. The Morgan fingerprint density at radius 3 is 3.00 bits per heavy atom.